The van der Waals surface area contributed by atoms with E-state index in [0.29, 0.717) is 12.5 Å². The first-order valence-electron chi connectivity index (χ1n) is 7.64. The Hall–Kier alpha value is -0.830. The molecule has 1 aromatic rings. The van der Waals surface area contributed by atoms with Crippen LogP contribution in [0.5, 0.6) is 0 Å². The van der Waals surface area contributed by atoms with Crippen LogP contribution in [0.1, 0.15) is 71.5 Å². The first kappa shape index (κ1) is 14.6. The van der Waals surface area contributed by atoms with Gasteiger partial charge >= 0.3 is 0 Å². The van der Waals surface area contributed by atoms with Gasteiger partial charge in [0, 0.05) is 12.6 Å². The molecule has 0 bridgehead atoms. The summed E-state index contributed by atoms with van der Waals surface area (Å²) < 4.78 is 2.07. The largest absolute Gasteiger partial charge is 0.389 e. The van der Waals surface area contributed by atoms with Crippen LogP contribution in [0.4, 0.5) is 0 Å². The van der Waals surface area contributed by atoms with Gasteiger partial charge < -0.3 is 5.11 Å². The van der Waals surface area contributed by atoms with Crippen molar-refractivity contribution < 1.29 is 5.11 Å². The highest BCUT2D eigenvalue weighted by atomic mass is 16.3. The summed E-state index contributed by atoms with van der Waals surface area (Å²) in [5.74, 6) is 0. The van der Waals surface area contributed by atoms with Gasteiger partial charge in [0.2, 0.25) is 0 Å². The zero-order valence-electron chi connectivity index (χ0n) is 12.8. The zero-order valence-corrected chi connectivity index (χ0v) is 12.8. The van der Waals surface area contributed by atoms with E-state index in [1.165, 1.54) is 0 Å². The van der Waals surface area contributed by atoms with Crippen LogP contribution in [0, 0.1) is 5.41 Å². The molecule has 0 aromatic carbocycles. The first-order chi connectivity index (χ1) is 8.87. The van der Waals surface area contributed by atoms with Crippen molar-refractivity contribution in [1.82, 2.24) is 9.78 Å². The topological polar surface area (TPSA) is 38.0 Å². The summed E-state index contributed by atoms with van der Waals surface area (Å²) >= 11 is 0. The van der Waals surface area contributed by atoms with Gasteiger partial charge in [0.1, 0.15) is 0 Å². The third kappa shape index (κ3) is 3.38. The molecule has 3 nitrogen and oxygen atoms in total. The molecule has 1 aromatic heterocycles. The van der Waals surface area contributed by atoms with Crippen LogP contribution in [0.2, 0.25) is 0 Å². The molecule has 0 saturated heterocycles. The number of rotatable bonds is 5. The van der Waals surface area contributed by atoms with Gasteiger partial charge in [-0.15, -0.1) is 0 Å². The van der Waals surface area contributed by atoms with Gasteiger partial charge in [-0.2, -0.15) is 5.10 Å². The Balaban J connectivity index is 2.04. The van der Waals surface area contributed by atoms with Gasteiger partial charge in [-0.1, -0.05) is 27.7 Å². The summed E-state index contributed by atoms with van der Waals surface area (Å²) in [4.78, 5) is 0. The minimum absolute atomic E-state index is 0.271. The molecule has 1 saturated carbocycles. The van der Waals surface area contributed by atoms with Crippen molar-refractivity contribution in [2.45, 2.75) is 77.9 Å². The summed E-state index contributed by atoms with van der Waals surface area (Å²) in [6.07, 6.45) is 7.87. The Kier molecular flexibility index (Phi) is 4.05. The van der Waals surface area contributed by atoms with Crippen LogP contribution in [0.25, 0.3) is 0 Å². The van der Waals surface area contributed by atoms with Crippen LogP contribution >= 0.6 is 0 Å². The average molecular weight is 264 g/mol. The van der Waals surface area contributed by atoms with Gasteiger partial charge in [0.15, 0.2) is 0 Å². The molecule has 3 heteroatoms. The lowest BCUT2D eigenvalue weighted by molar-refractivity contribution is 0.0368. The van der Waals surface area contributed by atoms with Gasteiger partial charge in [0.25, 0.3) is 0 Å². The van der Waals surface area contributed by atoms with E-state index in [-0.39, 0.29) is 5.41 Å². The quantitative estimate of drug-likeness (QED) is 0.880. The number of aliphatic hydroxyl groups is 1. The molecule has 1 fully saturated rings. The lowest BCUT2D eigenvalue weighted by Crippen LogP contribution is -2.29. The predicted octanol–water partition coefficient (Wildman–Crippen LogP) is 3.73. The van der Waals surface area contributed by atoms with E-state index < -0.39 is 5.60 Å². The molecule has 1 aliphatic carbocycles. The Bertz CT molecular complexity index is 420. The van der Waals surface area contributed by atoms with Crippen molar-refractivity contribution in [3.05, 3.63) is 18.0 Å². The van der Waals surface area contributed by atoms with Gasteiger partial charge in [-0.05, 0) is 43.6 Å². The minimum Gasteiger partial charge on any atom is -0.389 e. The van der Waals surface area contributed by atoms with Crippen LogP contribution in [-0.4, -0.2) is 20.5 Å². The van der Waals surface area contributed by atoms with Crippen LogP contribution < -0.4 is 0 Å². The fraction of sp³-hybridized carbons (Fsp3) is 0.812. The first-order valence-corrected chi connectivity index (χ1v) is 7.64. The van der Waals surface area contributed by atoms with Gasteiger partial charge in [0.05, 0.1) is 17.3 Å². The maximum atomic E-state index is 10.7. The second-order valence-electron chi connectivity index (χ2n) is 7.00. The molecule has 0 amide bonds. The number of hydrogen-bond donors (Lipinski definition) is 1. The smallest absolute Gasteiger partial charge is 0.0709 e. The number of hydrogen-bond acceptors (Lipinski definition) is 2. The average Bonchev–Trinajstić information content (AvgIpc) is 2.86. The molecule has 1 unspecified atom stereocenters. The predicted molar refractivity (Wildman–Crippen MR) is 78.1 cm³/mol. The lowest BCUT2D eigenvalue weighted by Gasteiger charge is -2.24. The number of nitrogens with zero attached hydrogens (tertiary/aromatic N) is 2. The second kappa shape index (κ2) is 5.28. The fourth-order valence-electron chi connectivity index (χ4n) is 3.46. The van der Waals surface area contributed by atoms with Crippen molar-refractivity contribution in [2.75, 3.05) is 0 Å². The lowest BCUT2D eigenvalue weighted by atomic mass is 9.87. The molecule has 2 rings (SSSR count). The molecule has 1 atom stereocenters. The molecule has 1 N–H and O–H groups in total. The molecule has 1 aliphatic rings. The monoisotopic (exact) mass is 264 g/mol. The van der Waals surface area contributed by atoms with Gasteiger partial charge in [-0.3, -0.25) is 4.68 Å². The third-order valence-electron chi connectivity index (χ3n) is 4.57. The highest BCUT2D eigenvalue weighted by Gasteiger charge is 2.42. The van der Waals surface area contributed by atoms with Gasteiger partial charge in [-0.25, -0.2) is 0 Å². The summed E-state index contributed by atoms with van der Waals surface area (Å²) in [5.41, 5.74) is 0.760. The summed E-state index contributed by atoms with van der Waals surface area (Å²) in [5, 5.41) is 15.4. The van der Waals surface area contributed by atoms with E-state index in [2.05, 4.69) is 49.7 Å². The Morgan fingerprint density at radius 2 is 2.00 bits per heavy atom. The minimum atomic E-state index is -0.545. The highest BCUT2D eigenvalue weighted by Crippen LogP contribution is 2.44. The molecule has 1 heterocycles. The van der Waals surface area contributed by atoms with Crippen LogP contribution in [-0.2, 0) is 6.42 Å². The van der Waals surface area contributed by atoms with Crippen molar-refractivity contribution in [1.29, 1.82) is 0 Å². The summed E-state index contributed by atoms with van der Waals surface area (Å²) in [6.45, 7) is 8.88. The van der Waals surface area contributed by atoms with E-state index in [4.69, 9.17) is 0 Å². The van der Waals surface area contributed by atoms with E-state index in [1.807, 2.05) is 0 Å². The maximum Gasteiger partial charge on any atom is 0.0709 e. The Morgan fingerprint density at radius 3 is 2.53 bits per heavy atom. The fourth-order valence-corrected chi connectivity index (χ4v) is 3.46. The molecule has 19 heavy (non-hydrogen) atoms. The molecular formula is C16H28N2O. The normalized spacial score (nSPS) is 26.2. The molecule has 0 spiro atoms. The van der Waals surface area contributed by atoms with E-state index in [1.54, 1.807) is 0 Å². The highest BCUT2D eigenvalue weighted by molar-refractivity contribution is 5.07. The SMILES string of the molecule is CCC(CC)n1ccc(CC2(O)CCC(C)(C)C2)n1. The molecule has 0 aliphatic heterocycles. The molecule has 0 radical (unpaired) electrons. The summed E-state index contributed by atoms with van der Waals surface area (Å²) in [6, 6.07) is 2.56. The Labute approximate surface area is 117 Å². The van der Waals surface area contributed by atoms with Crippen molar-refractivity contribution in [3.8, 4) is 0 Å². The third-order valence-corrected chi connectivity index (χ3v) is 4.57. The van der Waals surface area contributed by atoms with E-state index >= 15 is 0 Å². The van der Waals surface area contributed by atoms with Crippen LogP contribution in [0.15, 0.2) is 12.3 Å². The maximum absolute atomic E-state index is 10.7. The molecule has 108 valence electrons. The molecular weight excluding hydrogens is 236 g/mol. The second-order valence-corrected chi connectivity index (χ2v) is 7.00. The van der Waals surface area contributed by atoms with E-state index in [9.17, 15) is 5.11 Å². The van der Waals surface area contributed by atoms with Crippen molar-refractivity contribution in [3.63, 3.8) is 0 Å². The van der Waals surface area contributed by atoms with Crippen molar-refractivity contribution in [2.24, 2.45) is 5.41 Å². The van der Waals surface area contributed by atoms with E-state index in [0.717, 1.165) is 37.8 Å². The summed E-state index contributed by atoms with van der Waals surface area (Å²) in [7, 11) is 0. The van der Waals surface area contributed by atoms with Crippen molar-refractivity contribution >= 4 is 0 Å². The zero-order chi connectivity index (χ0) is 14.1. The standard InChI is InChI=1S/C16H28N2O/c1-5-14(6-2)18-10-7-13(17-18)11-16(19)9-8-15(3,4)12-16/h7,10,14,19H,5-6,8-9,11-12H2,1-4H3. The number of aromatic nitrogens is 2. The van der Waals surface area contributed by atoms with Crippen LogP contribution in [0.3, 0.4) is 0 Å². The Morgan fingerprint density at radius 1 is 1.32 bits per heavy atom.